The summed E-state index contributed by atoms with van der Waals surface area (Å²) in [6, 6.07) is 2.80. The highest BCUT2D eigenvalue weighted by Gasteiger charge is 2.16. The fraction of sp³-hybridized carbons (Fsp3) is 0.308. The number of nitro benzene ring substituents is 1. The first kappa shape index (κ1) is 15.8. The molecule has 0 atom stereocenters. The van der Waals surface area contributed by atoms with Crippen LogP contribution in [0.5, 0.6) is 0 Å². The van der Waals surface area contributed by atoms with Crippen LogP contribution in [-0.4, -0.2) is 30.6 Å². The van der Waals surface area contributed by atoms with Gasteiger partial charge >= 0.3 is 0 Å². The van der Waals surface area contributed by atoms with Gasteiger partial charge in [0.25, 0.3) is 11.6 Å². The highest BCUT2D eigenvalue weighted by Crippen LogP contribution is 2.16. The summed E-state index contributed by atoms with van der Waals surface area (Å²) in [5.74, 6) is -1.53. The number of hydrogen-bond acceptors (Lipinski definition) is 4. The molecule has 0 aromatic heterocycles. The van der Waals surface area contributed by atoms with E-state index in [1.807, 2.05) is 0 Å². The molecule has 6 nitrogen and oxygen atoms in total. The number of halogens is 1. The lowest BCUT2D eigenvalue weighted by molar-refractivity contribution is -0.384. The van der Waals surface area contributed by atoms with Crippen molar-refractivity contribution in [2.75, 3.05) is 19.8 Å². The summed E-state index contributed by atoms with van der Waals surface area (Å²) in [7, 11) is 0. The first-order valence-corrected chi connectivity index (χ1v) is 5.86. The van der Waals surface area contributed by atoms with Crippen molar-refractivity contribution in [1.29, 1.82) is 0 Å². The van der Waals surface area contributed by atoms with Crippen LogP contribution in [0.2, 0.25) is 0 Å². The Labute approximate surface area is 115 Å². The molecule has 0 bridgehead atoms. The smallest absolute Gasteiger partial charge is 0.270 e. The highest BCUT2D eigenvalue weighted by atomic mass is 19.1. The van der Waals surface area contributed by atoms with Gasteiger partial charge in [0.2, 0.25) is 0 Å². The van der Waals surface area contributed by atoms with Crippen molar-refractivity contribution in [3.05, 3.63) is 51.8 Å². The molecule has 1 rings (SSSR count). The van der Waals surface area contributed by atoms with Gasteiger partial charge in [-0.15, -0.1) is 0 Å². The van der Waals surface area contributed by atoms with Gasteiger partial charge in [0, 0.05) is 18.7 Å². The van der Waals surface area contributed by atoms with E-state index in [4.69, 9.17) is 4.74 Å². The largest absolute Gasteiger partial charge is 0.375 e. The lowest BCUT2D eigenvalue weighted by atomic mass is 10.1. The quantitative estimate of drug-likeness (QED) is 0.359. The maximum absolute atomic E-state index is 13.4. The molecule has 108 valence electrons. The molecule has 0 radical (unpaired) electrons. The van der Waals surface area contributed by atoms with Gasteiger partial charge in [-0.3, -0.25) is 14.9 Å². The van der Waals surface area contributed by atoms with E-state index >= 15 is 0 Å². The number of ether oxygens (including phenoxy) is 1. The molecule has 1 aromatic rings. The van der Waals surface area contributed by atoms with Crippen LogP contribution in [0.4, 0.5) is 10.1 Å². The number of carbonyl (C=O) groups is 1. The molecular formula is C13H15FN2O4. The van der Waals surface area contributed by atoms with E-state index in [-0.39, 0.29) is 24.4 Å². The first-order valence-electron chi connectivity index (χ1n) is 5.86. The molecule has 0 saturated heterocycles. The fourth-order valence-electron chi connectivity index (χ4n) is 1.38. The monoisotopic (exact) mass is 282 g/mol. The molecule has 0 aliphatic heterocycles. The molecule has 7 heteroatoms. The molecule has 1 aromatic carbocycles. The maximum atomic E-state index is 13.4. The summed E-state index contributed by atoms with van der Waals surface area (Å²) >= 11 is 0. The lowest BCUT2D eigenvalue weighted by Gasteiger charge is -2.07. The molecule has 0 aliphatic carbocycles. The van der Waals surface area contributed by atoms with Gasteiger partial charge < -0.3 is 10.1 Å². The second-order valence-corrected chi connectivity index (χ2v) is 4.19. The number of nitrogens with zero attached hydrogens (tertiary/aromatic N) is 1. The van der Waals surface area contributed by atoms with Crippen LogP contribution in [0.1, 0.15) is 17.3 Å². The zero-order valence-corrected chi connectivity index (χ0v) is 11.0. The third-order valence-electron chi connectivity index (χ3n) is 2.29. The predicted molar refractivity (Wildman–Crippen MR) is 71.0 cm³/mol. The molecule has 1 N–H and O–H groups in total. The summed E-state index contributed by atoms with van der Waals surface area (Å²) in [5, 5.41) is 13.0. The van der Waals surface area contributed by atoms with Crippen LogP contribution in [0.3, 0.4) is 0 Å². The SMILES string of the molecule is C=C(C)COCCNC(=O)c1cc([N+](=O)[O-])ccc1F. The second kappa shape index (κ2) is 7.34. The minimum Gasteiger partial charge on any atom is -0.375 e. The van der Waals surface area contributed by atoms with Crippen molar-refractivity contribution >= 4 is 11.6 Å². The van der Waals surface area contributed by atoms with Crippen LogP contribution < -0.4 is 5.32 Å². The summed E-state index contributed by atoms with van der Waals surface area (Å²) in [6.07, 6.45) is 0. The zero-order valence-electron chi connectivity index (χ0n) is 11.0. The number of nitro groups is 1. The molecule has 20 heavy (non-hydrogen) atoms. The number of carbonyl (C=O) groups excluding carboxylic acids is 1. The molecule has 1 amide bonds. The van der Waals surface area contributed by atoms with Gasteiger partial charge in [0.15, 0.2) is 0 Å². The number of nitrogens with one attached hydrogen (secondary N) is 1. The molecule has 0 spiro atoms. The second-order valence-electron chi connectivity index (χ2n) is 4.19. The Morgan fingerprint density at radius 3 is 2.85 bits per heavy atom. The molecule has 0 heterocycles. The molecule has 0 fully saturated rings. The van der Waals surface area contributed by atoms with Gasteiger partial charge in [0.05, 0.1) is 23.7 Å². The lowest BCUT2D eigenvalue weighted by Crippen LogP contribution is -2.28. The number of amides is 1. The Kier molecular flexibility index (Phi) is 5.79. The van der Waals surface area contributed by atoms with Gasteiger partial charge in [-0.05, 0) is 13.0 Å². The van der Waals surface area contributed by atoms with Crippen molar-refractivity contribution in [2.45, 2.75) is 6.92 Å². The van der Waals surface area contributed by atoms with E-state index in [0.29, 0.717) is 6.61 Å². The van der Waals surface area contributed by atoms with Gasteiger partial charge in [-0.25, -0.2) is 4.39 Å². The number of benzene rings is 1. The average molecular weight is 282 g/mol. The predicted octanol–water partition coefficient (Wildman–Crippen LogP) is 2.06. The highest BCUT2D eigenvalue weighted by molar-refractivity contribution is 5.95. The van der Waals surface area contributed by atoms with Gasteiger partial charge in [-0.1, -0.05) is 12.2 Å². The van der Waals surface area contributed by atoms with Gasteiger partial charge in [-0.2, -0.15) is 0 Å². The Morgan fingerprint density at radius 1 is 1.55 bits per heavy atom. The van der Waals surface area contributed by atoms with Crippen molar-refractivity contribution < 1.29 is 18.8 Å². The molecule has 0 saturated carbocycles. The van der Waals surface area contributed by atoms with E-state index < -0.39 is 16.6 Å². The summed E-state index contributed by atoms with van der Waals surface area (Å²) < 4.78 is 18.6. The van der Waals surface area contributed by atoms with E-state index in [1.54, 1.807) is 6.92 Å². The standard InChI is InChI=1S/C13H15FN2O4/c1-9(2)8-20-6-5-15-13(17)11-7-10(16(18)19)3-4-12(11)14/h3-4,7H,1,5-6,8H2,2H3,(H,15,17). The third-order valence-corrected chi connectivity index (χ3v) is 2.29. The Bertz CT molecular complexity index is 531. The molecular weight excluding hydrogens is 267 g/mol. The Balaban J connectivity index is 2.57. The number of hydrogen-bond donors (Lipinski definition) is 1. The summed E-state index contributed by atoms with van der Waals surface area (Å²) in [5.41, 5.74) is 0.148. The Morgan fingerprint density at radius 2 is 2.25 bits per heavy atom. The molecule has 0 unspecified atom stereocenters. The molecule has 0 aliphatic rings. The zero-order chi connectivity index (χ0) is 15.1. The topological polar surface area (TPSA) is 81.5 Å². The van der Waals surface area contributed by atoms with Crippen molar-refractivity contribution in [3.63, 3.8) is 0 Å². The van der Waals surface area contributed by atoms with E-state index in [0.717, 1.165) is 23.8 Å². The average Bonchev–Trinajstić information content (AvgIpc) is 2.37. The van der Waals surface area contributed by atoms with Crippen molar-refractivity contribution in [3.8, 4) is 0 Å². The van der Waals surface area contributed by atoms with E-state index in [1.165, 1.54) is 0 Å². The minimum atomic E-state index is -0.809. The van der Waals surface area contributed by atoms with Crippen LogP contribution in [-0.2, 0) is 4.74 Å². The number of non-ortho nitro benzene ring substituents is 1. The maximum Gasteiger partial charge on any atom is 0.270 e. The van der Waals surface area contributed by atoms with Gasteiger partial charge in [0.1, 0.15) is 5.82 Å². The third kappa shape index (κ3) is 4.77. The van der Waals surface area contributed by atoms with Crippen LogP contribution in [0, 0.1) is 15.9 Å². The fourth-order valence-corrected chi connectivity index (χ4v) is 1.38. The summed E-state index contributed by atoms with van der Waals surface area (Å²) in [4.78, 5) is 21.6. The van der Waals surface area contributed by atoms with E-state index in [2.05, 4.69) is 11.9 Å². The normalized spacial score (nSPS) is 10.1. The Hall–Kier alpha value is -2.28. The first-order chi connectivity index (χ1) is 9.41. The van der Waals surface area contributed by atoms with Crippen LogP contribution in [0.25, 0.3) is 0 Å². The van der Waals surface area contributed by atoms with Crippen LogP contribution in [0.15, 0.2) is 30.4 Å². The number of rotatable bonds is 7. The van der Waals surface area contributed by atoms with Crippen molar-refractivity contribution in [2.24, 2.45) is 0 Å². The van der Waals surface area contributed by atoms with E-state index in [9.17, 15) is 19.3 Å². The van der Waals surface area contributed by atoms with Crippen molar-refractivity contribution in [1.82, 2.24) is 5.32 Å². The summed E-state index contributed by atoms with van der Waals surface area (Å²) in [6.45, 7) is 6.25. The minimum absolute atomic E-state index is 0.175. The van der Waals surface area contributed by atoms with Crippen LogP contribution >= 0.6 is 0 Å².